The minimum absolute atomic E-state index is 0.0168. The standard InChI is InChI=1S/C24H29N3O4S/c1-18(28)27-13-5-8-21-16-22(9-10-23(21)27)25-24(29)20-11-14-26(15-12-20)32(30,31)17-19-6-3-2-4-7-19/h2-4,6-7,9-10,16,20H,5,8,11-15,17H2,1H3,(H,25,29). The molecule has 4 rings (SSSR count). The summed E-state index contributed by atoms with van der Waals surface area (Å²) in [7, 11) is -3.40. The van der Waals surface area contributed by atoms with Crippen LogP contribution in [0.2, 0.25) is 0 Å². The summed E-state index contributed by atoms with van der Waals surface area (Å²) in [6, 6.07) is 14.8. The molecule has 8 heteroatoms. The highest BCUT2D eigenvalue weighted by Crippen LogP contribution is 2.30. The smallest absolute Gasteiger partial charge is 0.227 e. The van der Waals surface area contributed by atoms with E-state index < -0.39 is 10.0 Å². The number of carbonyl (C=O) groups is 2. The Morgan fingerprint density at radius 2 is 1.75 bits per heavy atom. The summed E-state index contributed by atoms with van der Waals surface area (Å²) in [5.74, 6) is -0.291. The number of sulfonamides is 1. The number of piperidine rings is 1. The topological polar surface area (TPSA) is 86.8 Å². The minimum atomic E-state index is -3.40. The summed E-state index contributed by atoms with van der Waals surface area (Å²) in [6.07, 6.45) is 2.78. The van der Waals surface area contributed by atoms with Crippen LogP contribution in [0.25, 0.3) is 0 Å². The van der Waals surface area contributed by atoms with Crippen LogP contribution < -0.4 is 10.2 Å². The normalized spacial score (nSPS) is 17.6. The molecule has 2 amide bonds. The zero-order valence-corrected chi connectivity index (χ0v) is 19.1. The SMILES string of the molecule is CC(=O)N1CCCc2cc(NC(=O)C3CCN(S(=O)(=O)Cc4ccccc4)CC3)ccc21. The highest BCUT2D eigenvalue weighted by Gasteiger charge is 2.31. The lowest BCUT2D eigenvalue weighted by Crippen LogP contribution is -2.41. The number of hydrogen-bond donors (Lipinski definition) is 1. The van der Waals surface area contributed by atoms with Gasteiger partial charge >= 0.3 is 0 Å². The molecular formula is C24H29N3O4S. The van der Waals surface area contributed by atoms with E-state index in [1.165, 1.54) is 4.31 Å². The lowest BCUT2D eigenvalue weighted by atomic mass is 9.96. The number of benzene rings is 2. The molecule has 0 aliphatic carbocycles. The summed E-state index contributed by atoms with van der Waals surface area (Å²) in [5, 5.41) is 2.99. The van der Waals surface area contributed by atoms with Crippen LogP contribution in [0.3, 0.4) is 0 Å². The molecule has 2 heterocycles. The number of fused-ring (bicyclic) bond motifs is 1. The van der Waals surface area contributed by atoms with Crippen molar-refractivity contribution in [3.63, 3.8) is 0 Å². The van der Waals surface area contributed by atoms with Gasteiger partial charge in [-0.15, -0.1) is 0 Å². The van der Waals surface area contributed by atoms with Crippen molar-refractivity contribution >= 4 is 33.2 Å². The lowest BCUT2D eigenvalue weighted by Gasteiger charge is -2.31. The van der Waals surface area contributed by atoms with Gasteiger partial charge < -0.3 is 10.2 Å². The molecule has 0 spiro atoms. The second kappa shape index (κ2) is 9.42. The van der Waals surface area contributed by atoms with Crippen LogP contribution in [0, 0.1) is 5.92 Å². The number of nitrogens with zero attached hydrogens (tertiary/aromatic N) is 2. The van der Waals surface area contributed by atoms with E-state index in [4.69, 9.17) is 0 Å². The Kier molecular flexibility index (Phi) is 6.62. The van der Waals surface area contributed by atoms with Crippen molar-refractivity contribution in [1.82, 2.24) is 4.31 Å². The average Bonchev–Trinajstić information content (AvgIpc) is 2.79. The third-order valence-electron chi connectivity index (χ3n) is 6.26. The maximum atomic E-state index is 12.8. The zero-order valence-electron chi connectivity index (χ0n) is 18.3. The Hall–Kier alpha value is -2.71. The molecule has 0 radical (unpaired) electrons. The first-order valence-corrected chi connectivity index (χ1v) is 12.7. The number of nitrogens with one attached hydrogen (secondary N) is 1. The van der Waals surface area contributed by atoms with Crippen LogP contribution in [0.5, 0.6) is 0 Å². The van der Waals surface area contributed by atoms with Crippen LogP contribution in [-0.2, 0) is 31.8 Å². The molecule has 0 bridgehead atoms. The Balaban J connectivity index is 1.34. The molecule has 0 saturated carbocycles. The van der Waals surface area contributed by atoms with Crippen LogP contribution in [0.4, 0.5) is 11.4 Å². The molecule has 1 fully saturated rings. The first kappa shape index (κ1) is 22.5. The Morgan fingerprint density at radius 1 is 1.03 bits per heavy atom. The highest BCUT2D eigenvalue weighted by molar-refractivity contribution is 7.88. The molecule has 0 unspecified atom stereocenters. The number of aryl methyl sites for hydroxylation is 1. The molecule has 0 atom stereocenters. The van der Waals surface area contributed by atoms with Gasteiger partial charge in [-0.3, -0.25) is 9.59 Å². The van der Waals surface area contributed by atoms with Gasteiger partial charge in [0.15, 0.2) is 0 Å². The molecular weight excluding hydrogens is 426 g/mol. The number of anilines is 2. The molecule has 2 aliphatic heterocycles. The third kappa shape index (κ3) is 5.02. The molecule has 32 heavy (non-hydrogen) atoms. The van der Waals surface area contributed by atoms with Crippen LogP contribution in [-0.4, -0.2) is 44.2 Å². The quantitative estimate of drug-likeness (QED) is 0.750. The fraction of sp³-hybridized carbons (Fsp3) is 0.417. The fourth-order valence-electron chi connectivity index (χ4n) is 4.52. The van der Waals surface area contributed by atoms with E-state index in [2.05, 4.69) is 5.32 Å². The summed E-state index contributed by atoms with van der Waals surface area (Å²) in [4.78, 5) is 26.4. The molecule has 1 N–H and O–H groups in total. The summed E-state index contributed by atoms with van der Waals surface area (Å²) in [6.45, 7) is 2.99. The van der Waals surface area contributed by atoms with E-state index in [0.29, 0.717) is 25.9 Å². The summed E-state index contributed by atoms with van der Waals surface area (Å²) < 4.78 is 27.0. The van der Waals surface area contributed by atoms with Crippen LogP contribution in [0.1, 0.15) is 37.3 Å². The molecule has 170 valence electrons. The molecule has 1 saturated heterocycles. The van der Waals surface area contributed by atoms with E-state index >= 15 is 0 Å². The number of carbonyl (C=O) groups excluding carboxylic acids is 2. The van der Waals surface area contributed by atoms with E-state index in [-0.39, 0.29) is 23.5 Å². The molecule has 2 aromatic carbocycles. The van der Waals surface area contributed by atoms with Crippen LogP contribution in [0.15, 0.2) is 48.5 Å². The van der Waals surface area contributed by atoms with Gasteiger partial charge in [-0.05, 0) is 55.0 Å². The molecule has 7 nitrogen and oxygen atoms in total. The average molecular weight is 456 g/mol. The lowest BCUT2D eigenvalue weighted by molar-refractivity contribution is -0.121. The Morgan fingerprint density at radius 3 is 2.44 bits per heavy atom. The maximum absolute atomic E-state index is 12.8. The molecule has 2 aliphatic rings. The third-order valence-corrected chi connectivity index (χ3v) is 8.11. The fourth-order valence-corrected chi connectivity index (χ4v) is 6.08. The largest absolute Gasteiger partial charge is 0.326 e. The minimum Gasteiger partial charge on any atom is -0.326 e. The maximum Gasteiger partial charge on any atom is 0.227 e. The van der Waals surface area contributed by atoms with Gasteiger partial charge in [0.05, 0.1) is 5.75 Å². The predicted molar refractivity (Wildman–Crippen MR) is 125 cm³/mol. The van der Waals surface area contributed by atoms with Crippen molar-refractivity contribution < 1.29 is 18.0 Å². The van der Waals surface area contributed by atoms with Gasteiger partial charge in [-0.1, -0.05) is 30.3 Å². The Bertz CT molecular complexity index is 1090. The van der Waals surface area contributed by atoms with Crippen molar-refractivity contribution in [1.29, 1.82) is 0 Å². The molecule has 0 aromatic heterocycles. The van der Waals surface area contributed by atoms with Gasteiger partial charge in [-0.2, -0.15) is 0 Å². The van der Waals surface area contributed by atoms with E-state index in [9.17, 15) is 18.0 Å². The van der Waals surface area contributed by atoms with Gasteiger partial charge in [0.2, 0.25) is 21.8 Å². The second-order valence-corrected chi connectivity index (χ2v) is 10.5. The van der Waals surface area contributed by atoms with E-state index in [1.807, 2.05) is 48.5 Å². The molecule has 2 aromatic rings. The van der Waals surface area contributed by atoms with Crippen LogP contribution >= 0.6 is 0 Å². The number of rotatable bonds is 5. The van der Waals surface area contributed by atoms with Crippen molar-refractivity contribution in [2.24, 2.45) is 5.92 Å². The van der Waals surface area contributed by atoms with E-state index in [0.717, 1.165) is 41.9 Å². The zero-order chi connectivity index (χ0) is 22.7. The van der Waals surface area contributed by atoms with Crippen molar-refractivity contribution in [2.45, 2.75) is 38.4 Å². The highest BCUT2D eigenvalue weighted by atomic mass is 32.2. The second-order valence-electron chi connectivity index (χ2n) is 8.52. The van der Waals surface area contributed by atoms with Crippen molar-refractivity contribution in [2.75, 3.05) is 29.9 Å². The van der Waals surface area contributed by atoms with Gasteiger partial charge in [0.25, 0.3) is 0 Å². The number of amides is 2. The van der Waals surface area contributed by atoms with E-state index in [1.54, 1.807) is 11.8 Å². The predicted octanol–water partition coefficient (Wildman–Crippen LogP) is 3.17. The Labute approximate surface area is 189 Å². The summed E-state index contributed by atoms with van der Waals surface area (Å²) in [5.41, 5.74) is 3.46. The monoisotopic (exact) mass is 455 g/mol. The number of hydrogen-bond acceptors (Lipinski definition) is 4. The van der Waals surface area contributed by atoms with Gasteiger partial charge in [-0.25, -0.2) is 12.7 Å². The first-order valence-electron chi connectivity index (χ1n) is 11.1. The van der Waals surface area contributed by atoms with Crippen molar-refractivity contribution in [3.8, 4) is 0 Å². The summed E-state index contributed by atoms with van der Waals surface area (Å²) >= 11 is 0. The van der Waals surface area contributed by atoms with Gasteiger partial charge in [0.1, 0.15) is 0 Å². The van der Waals surface area contributed by atoms with Crippen molar-refractivity contribution in [3.05, 3.63) is 59.7 Å². The first-order chi connectivity index (χ1) is 15.3. The van der Waals surface area contributed by atoms with Gasteiger partial charge in [0, 0.05) is 43.9 Å².